The number of aliphatic carboxylic acids is 1. The van der Waals surface area contributed by atoms with Gasteiger partial charge in [0, 0.05) is 67.4 Å². The third-order valence-corrected chi connectivity index (χ3v) is 18.1. The summed E-state index contributed by atoms with van der Waals surface area (Å²) in [5, 5.41) is 28.4. The fourth-order valence-electron chi connectivity index (χ4n) is 12.2. The molecule has 2 aromatic carbocycles. The Morgan fingerprint density at radius 3 is 1.18 bits per heavy atom. The monoisotopic (exact) mass is 1280 g/mol. The SMILES string of the molecule is CC(C)(C)C(=O)C(CC(=O)O)C1CCCCC1.CC(C)(C)C(=O)C(O)C1CCCCC1.CC(C)(C)C(=O)CC1CCCCC1.CC(C)(C)C(=O)c1ccccc1.CC(C)(C)COC(=O)CC(C(=O)C(C)(C)C)C1CCCCC1.Cc1c(O)cccc1C(=O)C(C)(C)C. The van der Waals surface area contributed by atoms with E-state index in [1.165, 1.54) is 77.0 Å². The lowest BCUT2D eigenvalue weighted by Crippen LogP contribution is -2.38. The molecule has 4 aliphatic carbocycles. The predicted molar refractivity (Wildman–Crippen MR) is 376 cm³/mol. The van der Waals surface area contributed by atoms with Crippen LogP contribution < -0.4 is 0 Å². The highest BCUT2D eigenvalue weighted by atomic mass is 16.5. The Hall–Kier alpha value is -4.84. The van der Waals surface area contributed by atoms with Crippen LogP contribution in [-0.2, 0) is 33.5 Å². The number of esters is 1. The molecule has 3 N–H and O–H groups in total. The van der Waals surface area contributed by atoms with Crippen LogP contribution >= 0.6 is 0 Å². The molecule has 12 heteroatoms. The average Bonchev–Trinajstić information content (AvgIpc) is 0.957. The summed E-state index contributed by atoms with van der Waals surface area (Å²) in [5.74, 6) is 1.24. The number of Topliss-reactive ketones (excluding diaryl/α,β-unsaturated/α-hetero) is 6. The van der Waals surface area contributed by atoms with Gasteiger partial charge in [-0.25, -0.2) is 0 Å². The van der Waals surface area contributed by atoms with Gasteiger partial charge in [0.15, 0.2) is 17.3 Å². The van der Waals surface area contributed by atoms with E-state index in [2.05, 4.69) is 0 Å². The van der Waals surface area contributed by atoms with Gasteiger partial charge in [0.1, 0.15) is 29.2 Å². The predicted octanol–water partition coefficient (Wildman–Crippen LogP) is 20.0. The molecule has 524 valence electrons. The van der Waals surface area contributed by atoms with Gasteiger partial charge in [-0.2, -0.15) is 0 Å². The summed E-state index contributed by atoms with van der Waals surface area (Å²) in [6, 6.07) is 14.4. The highest BCUT2D eigenvalue weighted by Gasteiger charge is 2.39. The number of aliphatic hydroxyl groups is 1. The van der Waals surface area contributed by atoms with Crippen LogP contribution in [0.15, 0.2) is 48.5 Å². The van der Waals surface area contributed by atoms with E-state index in [1.807, 2.05) is 176 Å². The van der Waals surface area contributed by atoms with Crippen molar-refractivity contribution in [2.75, 3.05) is 6.61 Å². The van der Waals surface area contributed by atoms with Crippen LogP contribution in [0.4, 0.5) is 0 Å². The number of hydrogen-bond donors (Lipinski definition) is 3. The van der Waals surface area contributed by atoms with Gasteiger partial charge >= 0.3 is 11.9 Å². The average molecular weight is 1290 g/mol. The van der Waals surface area contributed by atoms with E-state index in [1.54, 1.807) is 25.1 Å². The highest BCUT2D eigenvalue weighted by Crippen LogP contribution is 2.39. The molecule has 4 saturated carbocycles. The van der Waals surface area contributed by atoms with Gasteiger partial charge in [0.2, 0.25) is 0 Å². The maximum Gasteiger partial charge on any atom is 0.306 e. The van der Waals surface area contributed by atoms with Crippen molar-refractivity contribution >= 4 is 46.6 Å². The van der Waals surface area contributed by atoms with E-state index in [4.69, 9.17) is 9.84 Å². The van der Waals surface area contributed by atoms with E-state index in [-0.39, 0.29) is 93.4 Å². The minimum absolute atomic E-state index is 0.000764. The number of ketones is 6. The maximum atomic E-state index is 12.8. The molecule has 0 radical (unpaired) electrons. The Labute approximate surface area is 559 Å². The zero-order valence-corrected chi connectivity index (χ0v) is 62.1. The minimum atomic E-state index is -0.849. The van der Waals surface area contributed by atoms with E-state index in [9.17, 15) is 48.6 Å². The summed E-state index contributed by atoms with van der Waals surface area (Å²) < 4.78 is 5.40. The van der Waals surface area contributed by atoms with Gasteiger partial charge in [-0.3, -0.25) is 38.4 Å². The van der Waals surface area contributed by atoms with Crippen molar-refractivity contribution in [3.63, 3.8) is 0 Å². The standard InChI is InChI=1S/C19H34O3.C14H24O3.C12H16O2.C12H22O2.C12H22O.C11H14O/c1-18(2,3)13-22-16(20)12-15(17(21)19(4,5)6)14-10-8-7-9-11-14;1-14(2,3)13(17)11(9-12(15)16)10-7-5-4-6-8-10;1-8-9(6-5-7-10(8)13)11(14)12(2,3)4;1-12(2,3)11(14)10(13)9-7-5-4-6-8-9;1-12(2,3)11(13)9-10-7-5-4-6-8-10;1-11(2,3)10(12)9-7-5-4-6-8-9/h14-15H,7-13H2,1-6H3;10-11H,4-9H2,1-3H3,(H,15,16);5-7,13H,1-4H3;9-10,13H,4-8H2,1-3H3;10H,4-9H2,1-3H3;4-8H,1-3H3. The summed E-state index contributed by atoms with van der Waals surface area (Å²) >= 11 is 0. The van der Waals surface area contributed by atoms with Crippen molar-refractivity contribution in [2.24, 2.45) is 73.4 Å². The number of carbonyl (C=O) groups excluding carboxylic acids is 7. The summed E-state index contributed by atoms with van der Waals surface area (Å²) in [5.41, 5.74) is -0.0164. The van der Waals surface area contributed by atoms with E-state index in [0.29, 0.717) is 35.4 Å². The number of benzene rings is 2. The normalized spacial score (nSPS) is 17.6. The number of carboxylic acid groups (broad SMARTS) is 1. The molecule has 6 rings (SSSR count). The number of aliphatic hydroxyl groups excluding tert-OH is 1. The van der Waals surface area contributed by atoms with Crippen molar-refractivity contribution < 1.29 is 58.4 Å². The Morgan fingerprint density at radius 2 is 0.826 bits per heavy atom. The van der Waals surface area contributed by atoms with Crippen molar-refractivity contribution in [1.82, 2.24) is 0 Å². The Bertz CT molecular complexity index is 2570. The second-order valence-corrected chi connectivity index (χ2v) is 34.6. The van der Waals surface area contributed by atoms with Crippen molar-refractivity contribution in [3.8, 4) is 5.75 Å². The zero-order chi connectivity index (χ0) is 70.8. The van der Waals surface area contributed by atoms with Crippen LogP contribution in [0.3, 0.4) is 0 Å². The number of carbonyl (C=O) groups is 8. The lowest BCUT2D eigenvalue weighted by molar-refractivity contribution is -0.151. The largest absolute Gasteiger partial charge is 0.508 e. The number of hydrogen-bond acceptors (Lipinski definition) is 11. The molecule has 0 spiro atoms. The third-order valence-electron chi connectivity index (χ3n) is 18.1. The van der Waals surface area contributed by atoms with E-state index < -0.39 is 33.7 Å². The molecule has 4 fully saturated rings. The number of aromatic hydroxyl groups is 1. The molecule has 3 unspecified atom stereocenters. The molecule has 0 amide bonds. The van der Waals surface area contributed by atoms with Gasteiger partial charge in [0.05, 0.1) is 19.4 Å². The van der Waals surface area contributed by atoms with E-state index in [0.717, 1.165) is 63.4 Å². The molecular formula is C80H132O12. The summed E-state index contributed by atoms with van der Waals surface area (Å²) in [7, 11) is 0. The smallest absolute Gasteiger partial charge is 0.306 e. The number of ether oxygens (including phenoxy) is 1. The lowest BCUT2D eigenvalue weighted by Gasteiger charge is -2.33. The Kier molecular flexibility index (Phi) is 35.8. The molecule has 4 aliphatic rings. The van der Waals surface area contributed by atoms with Crippen LogP contribution in [0, 0.1) is 80.3 Å². The third kappa shape index (κ3) is 33.0. The van der Waals surface area contributed by atoms with Crippen LogP contribution in [0.5, 0.6) is 5.75 Å². The molecule has 0 bridgehead atoms. The molecule has 0 heterocycles. The second kappa shape index (κ2) is 38.6. The molecule has 0 aliphatic heterocycles. The van der Waals surface area contributed by atoms with Gasteiger partial charge < -0.3 is 20.1 Å². The van der Waals surface area contributed by atoms with Crippen LogP contribution in [0.2, 0.25) is 0 Å². The number of rotatable bonds is 15. The Balaban J connectivity index is 0.000000559. The maximum absolute atomic E-state index is 12.8. The summed E-state index contributed by atoms with van der Waals surface area (Å²) in [4.78, 5) is 95.4. The van der Waals surface area contributed by atoms with Gasteiger partial charge in [-0.15, -0.1) is 0 Å². The topological polar surface area (TPSA) is 206 Å². The van der Waals surface area contributed by atoms with Crippen LogP contribution in [0.1, 0.15) is 319 Å². The van der Waals surface area contributed by atoms with Crippen LogP contribution in [-0.4, -0.2) is 74.7 Å². The molecule has 12 nitrogen and oxygen atoms in total. The molecular weight excluding hydrogens is 1150 g/mol. The van der Waals surface area contributed by atoms with E-state index >= 15 is 0 Å². The lowest BCUT2D eigenvalue weighted by atomic mass is 9.71. The zero-order valence-electron chi connectivity index (χ0n) is 62.1. The van der Waals surface area contributed by atoms with Crippen LogP contribution in [0.25, 0.3) is 0 Å². The van der Waals surface area contributed by atoms with Crippen molar-refractivity contribution in [1.29, 1.82) is 0 Å². The second-order valence-electron chi connectivity index (χ2n) is 34.6. The number of phenolic OH excluding ortho intramolecular Hbond substituents is 1. The first-order valence-corrected chi connectivity index (χ1v) is 35.3. The molecule has 2 aromatic rings. The number of phenols is 1. The highest BCUT2D eigenvalue weighted by molar-refractivity contribution is 6.01. The van der Waals surface area contributed by atoms with Gasteiger partial charge in [0.25, 0.3) is 0 Å². The van der Waals surface area contributed by atoms with Crippen molar-refractivity contribution in [2.45, 2.75) is 306 Å². The molecule has 0 aromatic heterocycles. The molecule has 92 heavy (non-hydrogen) atoms. The quantitative estimate of drug-likeness (QED) is 0.112. The first-order valence-electron chi connectivity index (χ1n) is 35.3. The first kappa shape index (κ1) is 85.2. The van der Waals surface area contributed by atoms with Gasteiger partial charge in [-0.1, -0.05) is 278 Å². The first-order chi connectivity index (χ1) is 42.1. The Morgan fingerprint density at radius 1 is 0.446 bits per heavy atom. The molecule has 0 saturated heterocycles. The van der Waals surface area contributed by atoms with Gasteiger partial charge in [-0.05, 0) is 80.6 Å². The molecule has 3 atom stereocenters. The fraction of sp³-hybridized carbons (Fsp3) is 0.750. The van der Waals surface area contributed by atoms with Crippen molar-refractivity contribution in [3.05, 3.63) is 65.2 Å². The fourth-order valence-corrected chi connectivity index (χ4v) is 12.2. The summed E-state index contributed by atoms with van der Waals surface area (Å²) in [6.45, 7) is 42.9. The number of carboxylic acids is 1. The summed E-state index contributed by atoms with van der Waals surface area (Å²) in [6.07, 6.45) is 23.8. The minimum Gasteiger partial charge on any atom is -0.508 e.